The van der Waals surface area contributed by atoms with Crippen LogP contribution in [-0.4, -0.2) is 59.0 Å². The molecule has 0 spiro atoms. The number of hydrogen-bond acceptors (Lipinski definition) is 4. The third-order valence-corrected chi connectivity index (χ3v) is 6.72. The molecule has 1 heterocycles. The monoisotopic (exact) mass is 450 g/mol. The maximum absolute atomic E-state index is 11.4. The molecule has 0 unspecified atom stereocenters. The van der Waals surface area contributed by atoms with Crippen LogP contribution in [0, 0.1) is 0 Å². The molecule has 0 aliphatic carbocycles. The predicted molar refractivity (Wildman–Crippen MR) is 87.5 cm³/mol. The molecule has 14 heteroatoms. The zero-order valence-electron chi connectivity index (χ0n) is 15.0. The normalized spacial score (nSPS) is 18.5. The van der Waals surface area contributed by atoms with Gasteiger partial charge in [-0.15, -0.1) is 0 Å². The van der Waals surface area contributed by atoms with E-state index >= 15 is 0 Å². The molecule has 1 fully saturated rings. The SMILES string of the molecule is CCCCC[N+]1(C)CCCCC1.O=S(=O)([N-]S(=O)(=O)C(F)(F)F)C(F)(F)F. The van der Waals surface area contributed by atoms with Gasteiger partial charge in [0.05, 0.1) is 26.7 Å². The van der Waals surface area contributed by atoms with E-state index < -0.39 is 31.1 Å². The van der Waals surface area contributed by atoms with Crippen LogP contribution in [0.1, 0.15) is 45.4 Å². The first-order chi connectivity index (χ1) is 12.0. The van der Waals surface area contributed by atoms with Gasteiger partial charge in [0.2, 0.25) is 0 Å². The molecule has 0 N–H and O–H groups in total. The molecule has 1 aliphatic heterocycles. The summed E-state index contributed by atoms with van der Waals surface area (Å²) in [5.41, 5.74) is -12.4. The third kappa shape index (κ3) is 8.96. The quantitative estimate of drug-likeness (QED) is 0.350. The van der Waals surface area contributed by atoms with E-state index in [1.54, 1.807) is 0 Å². The molecule has 0 saturated carbocycles. The van der Waals surface area contributed by atoms with Crippen molar-refractivity contribution in [2.75, 3.05) is 26.7 Å². The van der Waals surface area contributed by atoms with Gasteiger partial charge >= 0.3 is 11.0 Å². The Morgan fingerprint density at radius 2 is 1.22 bits per heavy atom. The zero-order valence-corrected chi connectivity index (χ0v) is 16.6. The molecule has 1 rings (SSSR count). The van der Waals surface area contributed by atoms with Gasteiger partial charge in [-0.25, -0.2) is 16.8 Å². The van der Waals surface area contributed by atoms with Crippen molar-refractivity contribution in [3.63, 3.8) is 0 Å². The van der Waals surface area contributed by atoms with Gasteiger partial charge < -0.3 is 8.61 Å². The van der Waals surface area contributed by atoms with Gasteiger partial charge in [0, 0.05) is 0 Å². The molecule has 0 aromatic heterocycles. The average Bonchev–Trinajstić information content (AvgIpc) is 2.45. The summed E-state index contributed by atoms with van der Waals surface area (Å²) in [6.45, 7) is 6.58. The molecule has 1 saturated heterocycles. The van der Waals surface area contributed by atoms with Crippen LogP contribution in [0.3, 0.4) is 0 Å². The van der Waals surface area contributed by atoms with Gasteiger partial charge in [-0.3, -0.25) is 0 Å². The van der Waals surface area contributed by atoms with Crippen LogP contribution in [0.25, 0.3) is 4.13 Å². The van der Waals surface area contributed by atoms with E-state index in [1.807, 2.05) is 0 Å². The highest BCUT2D eigenvalue weighted by molar-refractivity contribution is 8.13. The minimum absolute atomic E-state index is 0.778. The van der Waals surface area contributed by atoms with E-state index in [9.17, 15) is 43.2 Å². The van der Waals surface area contributed by atoms with Crippen LogP contribution in [0.15, 0.2) is 0 Å². The number of sulfonamides is 2. The predicted octanol–water partition coefficient (Wildman–Crippen LogP) is 3.87. The first kappa shape index (κ1) is 26.4. The lowest BCUT2D eigenvalue weighted by Crippen LogP contribution is -2.48. The highest BCUT2D eigenvalue weighted by Gasteiger charge is 2.46. The fourth-order valence-corrected chi connectivity index (χ4v) is 4.17. The first-order valence-corrected chi connectivity index (χ1v) is 11.1. The minimum atomic E-state index is -6.72. The largest absolute Gasteiger partial charge is 0.480 e. The van der Waals surface area contributed by atoms with Crippen molar-refractivity contribution in [1.29, 1.82) is 0 Å². The maximum Gasteiger partial charge on any atom is 0.480 e. The third-order valence-electron chi connectivity index (χ3n) is 3.98. The zero-order chi connectivity index (χ0) is 21.6. The van der Waals surface area contributed by atoms with Gasteiger partial charge in [0.25, 0.3) is 0 Å². The van der Waals surface area contributed by atoms with Crippen LogP contribution >= 0.6 is 0 Å². The molecule has 6 nitrogen and oxygen atoms in total. The Bertz CT molecular complexity index is 611. The maximum atomic E-state index is 11.4. The second-order valence-electron chi connectivity index (χ2n) is 6.47. The van der Waals surface area contributed by atoms with Crippen molar-refractivity contribution in [1.82, 2.24) is 0 Å². The van der Waals surface area contributed by atoms with Gasteiger partial charge in [0.15, 0.2) is 20.0 Å². The lowest BCUT2D eigenvalue weighted by Gasteiger charge is -2.37. The number of likely N-dealkylation sites (tertiary alicyclic amines) is 1. The summed E-state index contributed by atoms with van der Waals surface area (Å²) < 4.78 is 111. The van der Waals surface area contributed by atoms with Crippen molar-refractivity contribution >= 4 is 20.0 Å². The Morgan fingerprint density at radius 3 is 1.56 bits per heavy atom. The van der Waals surface area contributed by atoms with Crippen molar-refractivity contribution < 1.29 is 47.7 Å². The lowest BCUT2D eigenvalue weighted by atomic mass is 10.1. The van der Waals surface area contributed by atoms with Gasteiger partial charge in [-0.1, -0.05) is 13.3 Å². The number of rotatable bonds is 6. The number of alkyl halides is 6. The molecule has 1 aliphatic rings. The van der Waals surface area contributed by atoms with Crippen molar-refractivity contribution in [3.8, 4) is 0 Å². The molecular weight excluding hydrogens is 426 g/mol. The number of hydrogen-bond donors (Lipinski definition) is 0. The van der Waals surface area contributed by atoms with E-state index in [0.717, 1.165) is 4.13 Å². The number of quaternary nitrogens is 1. The highest BCUT2D eigenvalue weighted by atomic mass is 32.3. The van der Waals surface area contributed by atoms with Crippen LogP contribution < -0.4 is 0 Å². The van der Waals surface area contributed by atoms with Crippen molar-refractivity contribution in [2.45, 2.75) is 56.5 Å². The fraction of sp³-hybridized carbons (Fsp3) is 1.00. The molecule has 0 bridgehead atoms. The van der Waals surface area contributed by atoms with E-state index in [2.05, 4.69) is 14.0 Å². The smallest absolute Gasteiger partial charge is 0.421 e. The Kier molecular flexibility index (Phi) is 9.52. The second kappa shape index (κ2) is 9.74. The van der Waals surface area contributed by atoms with Gasteiger partial charge in [-0.05, 0) is 32.1 Å². The summed E-state index contributed by atoms with van der Waals surface area (Å²) in [7, 11) is -11.0. The molecule has 0 aromatic rings. The minimum Gasteiger partial charge on any atom is -0.421 e. The Balaban J connectivity index is 0.000000511. The number of piperidine rings is 1. The van der Waals surface area contributed by atoms with Crippen molar-refractivity contribution in [3.05, 3.63) is 4.13 Å². The van der Waals surface area contributed by atoms with E-state index in [1.165, 1.54) is 62.6 Å². The molecule has 0 amide bonds. The summed E-state index contributed by atoms with van der Waals surface area (Å²) in [4.78, 5) is 0. The van der Waals surface area contributed by atoms with Crippen LogP contribution in [-0.2, 0) is 20.0 Å². The summed E-state index contributed by atoms with van der Waals surface area (Å²) in [5.74, 6) is 0. The Hall–Kier alpha value is -0.600. The summed E-state index contributed by atoms with van der Waals surface area (Å²) in [6, 6.07) is 0. The lowest BCUT2D eigenvalue weighted by molar-refractivity contribution is -0.914. The molecular formula is C13H24F6N2O4S2. The topological polar surface area (TPSA) is 82.4 Å². The molecule has 27 heavy (non-hydrogen) atoms. The summed E-state index contributed by atoms with van der Waals surface area (Å²) >= 11 is 0. The number of unbranched alkanes of at least 4 members (excludes halogenated alkanes) is 2. The Morgan fingerprint density at radius 1 is 0.815 bits per heavy atom. The van der Waals surface area contributed by atoms with Gasteiger partial charge in [-0.2, -0.15) is 26.3 Å². The molecule has 0 aromatic carbocycles. The van der Waals surface area contributed by atoms with E-state index in [-0.39, 0.29) is 0 Å². The number of halogens is 6. The standard InChI is InChI=1S/C11H24N.C2F6NO4S2/c1-3-4-6-9-12(2)10-7-5-8-11-12;3-1(4,5)14(10,11)9-15(12,13)2(6,7)8/h3-11H2,1-2H3;/q+1;-1. The molecule has 0 atom stereocenters. The number of nitrogens with zero attached hydrogens (tertiary/aromatic N) is 2. The van der Waals surface area contributed by atoms with Gasteiger partial charge in [0.1, 0.15) is 0 Å². The summed E-state index contributed by atoms with van der Waals surface area (Å²) in [5, 5.41) is 0. The summed E-state index contributed by atoms with van der Waals surface area (Å²) in [6.07, 6.45) is 8.62. The second-order valence-corrected chi connectivity index (χ2v) is 9.90. The molecule has 164 valence electrons. The van der Waals surface area contributed by atoms with Crippen molar-refractivity contribution in [2.24, 2.45) is 0 Å². The fourth-order valence-electron chi connectivity index (χ4n) is 2.46. The van der Waals surface area contributed by atoms with Crippen LogP contribution in [0.4, 0.5) is 26.3 Å². The van der Waals surface area contributed by atoms with Crippen LogP contribution in [0.5, 0.6) is 0 Å². The van der Waals surface area contributed by atoms with E-state index in [0.29, 0.717) is 0 Å². The molecule has 0 radical (unpaired) electrons. The first-order valence-electron chi connectivity index (χ1n) is 8.18. The van der Waals surface area contributed by atoms with Crippen LogP contribution in [0.2, 0.25) is 0 Å². The Labute approximate surface area is 155 Å². The van der Waals surface area contributed by atoms with E-state index in [4.69, 9.17) is 0 Å². The highest BCUT2D eigenvalue weighted by Crippen LogP contribution is 2.36. The average molecular weight is 450 g/mol.